The van der Waals surface area contributed by atoms with E-state index in [1.807, 2.05) is 48.5 Å². The van der Waals surface area contributed by atoms with Gasteiger partial charge >= 0.3 is 5.82 Å². The van der Waals surface area contributed by atoms with Gasteiger partial charge in [0.1, 0.15) is 6.20 Å². The van der Waals surface area contributed by atoms with E-state index in [0.29, 0.717) is 5.69 Å². The Labute approximate surface area is 155 Å². The number of nitrogens with zero attached hydrogens (tertiary/aromatic N) is 2. The third-order valence-electron chi connectivity index (χ3n) is 3.87. The maximum atomic E-state index is 12.6. The number of anilines is 1. The van der Waals surface area contributed by atoms with E-state index < -0.39 is 22.8 Å². The lowest BCUT2D eigenvalue weighted by atomic mass is 10.0. The molecule has 3 aromatic rings. The van der Waals surface area contributed by atoms with Crippen LogP contribution in [0.4, 0.5) is 11.5 Å². The van der Waals surface area contributed by atoms with Crippen LogP contribution in [-0.2, 0) is 4.79 Å². The lowest BCUT2D eigenvalue weighted by molar-refractivity contribution is -0.390. The van der Waals surface area contributed by atoms with Gasteiger partial charge in [-0.2, -0.15) is 0 Å². The molecule has 0 bridgehead atoms. The summed E-state index contributed by atoms with van der Waals surface area (Å²) in [6, 6.07) is 20.0. The highest BCUT2D eigenvalue weighted by molar-refractivity contribution is 5.98. The van der Waals surface area contributed by atoms with E-state index in [1.54, 1.807) is 6.07 Å². The van der Waals surface area contributed by atoms with Crippen molar-refractivity contribution in [2.45, 2.75) is 13.0 Å². The second-order valence-corrected chi connectivity index (χ2v) is 5.74. The minimum absolute atomic E-state index is 0.0542. The number of pyridine rings is 1. The second-order valence-electron chi connectivity index (χ2n) is 5.74. The molecule has 0 saturated carbocycles. The molecule has 0 saturated heterocycles. The first kappa shape index (κ1) is 18.1. The van der Waals surface area contributed by atoms with Gasteiger partial charge in [0.05, 0.1) is 0 Å². The van der Waals surface area contributed by atoms with Crippen molar-refractivity contribution in [3.63, 3.8) is 0 Å². The molecule has 1 heterocycles. The zero-order valence-corrected chi connectivity index (χ0v) is 14.5. The number of hydrogen-bond acceptors (Lipinski definition) is 5. The molecule has 0 radical (unpaired) electrons. The van der Waals surface area contributed by atoms with Gasteiger partial charge in [-0.25, -0.2) is 0 Å². The van der Waals surface area contributed by atoms with Crippen molar-refractivity contribution >= 4 is 17.4 Å². The van der Waals surface area contributed by atoms with Crippen molar-refractivity contribution in [3.05, 3.63) is 83.0 Å². The van der Waals surface area contributed by atoms with Crippen LogP contribution < -0.4 is 10.1 Å². The number of aromatic nitrogens is 1. The number of para-hydroxylation sites is 1. The van der Waals surface area contributed by atoms with E-state index in [1.165, 1.54) is 25.3 Å². The van der Waals surface area contributed by atoms with Gasteiger partial charge in [0.2, 0.25) is 5.75 Å². The monoisotopic (exact) mass is 363 g/mol. The normalized spacial score (nSPS) is 11.4. The lowest BCUT2D eigenvalue weighted by Gasteiger charge is -2.16. The lowest BCUT2D eigenvalue weighted by Crippen LogP contribution is -2.30. The van der Waals surface area contributed by atoms with Crippen molar-refractivity contribution in [2.24, 2.45) is 0 Å². The molecule has 3 rings (SSSR count). The first-order valence-electron chi connectivity index (χ1n) is 8.27. The Morgan fingerprint density at radius 2 is 1.78 bits per heavy atom. The third-order valence-corrected chi connectivity index (χ3v) is 3.87. The number of hydrogen-bond donors (Lipinski definition) is 1. The molecule has 1 atom stereocenters. The Morgan fingerprint density at radius 1 is 1.07 bits per heavy atom. The minimum Gasteiger partial charge on any atom is -0.473 e. The summed E-state index contributed by atoms with van der Waals surface area (Å²) in [5.41, 5.74) is 2.46. The second kappa shape index (κ2) is 8.09. The predicted molar refractivity (Wildman–Crippen MR) is 101 cm³/mol. The highest BCUT2D eigenvalue weighted by Gasteiger charge is 2.22. The molecule has 27 heavy (non-hydrogen) atoms. The zero-order valence-electron chi connectivity index (χ0n) is 14.5. The summed E-state index contributed by atoms with van der Waals surface area (Å²) in [4.78, 5) is 26.6. The number of rotatable bonds is 6. The molecular formula is C20H17N3O4. The van der Waals surface area contributed by atoms with Crippen LogP contribution in [-0.4, -0.2) is 21.9 Å². The van der Waals surface area contributed by atoms with Crippen molar-refractivity contribution in [1.82, 2.24) is 4.98 Å². The largest absolute Gasteiger partial charge is 0.473 e. The van der Waals surface area contributed by atoms with E-state index in [4.69, 9.17) is 4.74 Å². The molecular weight excluding hydrogens is 346 g/mol. The molecule has 136 valence electrons. The summed E-state index contributed by atoms with van der Waals surface area (Å²) < 4.78 is 5.47. The number of amides is 1. The standard InChI is InChI=1S/C20H17N3O4/c1-14(27-18-12-7-13-21-19(18)23(25)26)20(24)22-17-11-6-5-10-16(17)15-8-3-2-4-9-15/h2-14H,1H3,(H,22,24). The summed E-state index contributed by atoms with van der Waals surface area (Å²) in [7, 11) is 0. The first-order valence-corrected chi connectivity index (χ1v) is 8.27. The van der Waals surface area contributed by atoms with Gasteiger partial charge in [-0.15, -0.1) is 0 Å². The molecule has 1 amide bonds. The first-order chi connectivity index (χ1) is 13.1. The highest BCUT2D eigenvalue weighted by atomic mass is 16.6. The van der Waals surface area contributed by atoms with Gasteiger partial charge in [-0.05, 0) is 40.6 Å². The van der Waals surface area contributed by atoms with Crippen molar-refractivity contribution in [1.29, 1.82) is 0 Å². The summed E-state index contributed by atoms with van der Waals surface area (Å²) in [5.74, 6) is -0.903. The zero-order chi connectivity index (χ0) is 19.2. The van der Waals surface area contributed by atoms with Crippen LogP contribution >= 0.6 is 0 Å². The Hall–Kier alpha value is -3.74. The fourth-order valence-electron chi connectivity index (χ4n) is 2.55. The molecule has 0 spiro atoms. The number of benzene rings is 2. The summed E-state index contributed by atoms with van der Waals surface area (Å²) in [5, 5.41) is 13.9. The van der Waals surface area contributed by atoms with Gasteiger partial charge < -0.3 is 20.2 Å². The van der Waals surface area contributed by atoms with Crippen molar-refractivity contribution in [3.8, 4) is 16.9 Å². The SMILES string of the molecule is CC(Oc1cccnc1[N+](=O)[O-])C(=O)Nc1ccccc1-c1ccccc1. The highest BCUT2D eigenvalue weighted by Crippen LogP contribution is 2.28. The van der Waals surface area contributed by atoms with E-state index in [0.717, 1.165) is 11.1 Å². The smallest absolute Gasteiger partial charge is 0.406 e. The third kappa shape index (κ3) is 4.27. The van der Waals surface area contributed by atoms with Crippen LogP contribution in [0.25, 0.3) is 11.1 Å². The molecule has 2 aromatic carbocycles. The van der Waals surface area contributed by atoms with Crippen LogP contribution in [0.3, 0.4) is 0 Å². The topological polar surface area (TPSA) is 94.4 Å². The van der Waals surface area contributed by atoms with Gasteiger partial charge in [0.15, 0.2) is 6.10 Å². The molecule has 7 nitrogen and oxygen atoms in total. The number of carbonyl (C=O) groups is 1. The van der Waals surface area contributed by atoms with E-state index in [-0.39, 0.29) is 5.75 Å². The fraction of sp³-hybridized carbons (Fsp3) is 0.100. The summed E-state index contributed by atoms with van der Waals surface area (Å²) >= 11 is 0. The van der Waals surface area contributed by atoms with Crippen molar-refractivity contribution < 1.29 is 14.5 Å². The molecule has 1 N–H and O–H groups in total. The Morgan fingerprint density at radius 3 is 2.52 bits per heavy atom. The summed E-state index contributed by atoms with van der Waals surface area (Å²) in [6.45, 7) is 1.52. The van der Waals surface area contributed by atoms with E-state index >= 15 is 0 Å². The van der Waals surface area contributed by atoms with E-state index in [9.17, 15) is 14.9 Å². The van der Waals surface area contributed by atoms with Gasteiger partial charge in [-0.1, -0.05) is 48.5 Å². The molecule has 1 aromatic heterocycles. The Balaban J connectivity index is 1.78. The molecule has 0 aliphatic heterocycles. The molecule has 0 aliphatic rings. The van der Waals surface area contributed by atoms with Crippen LogP contribution in [0.5, 0.6) is 5.75 Å². The maximum absolute atomic E-state index is 12.6. The van der Waals surface area contributed by atoms with Gasteiger partial charge in [-0.3, -0.25) is 4.79 Å². The van der Waals surface area contributed by atoms with E-state index in [2.05, 4.69) is 10.3 Å². The van der Waals surface area contributed by atoms with Gasteiger partial charge in [0, 0.05) is 11.3 Å². The maximum Gasteiger partial charge on any atom is 0.406 e. The summed E-state index contributed by atoms with van der Waals surface area (Å²) in [6.07, 6.45) is 0.350. The molecule has 0 fully saturated rings. The van der Waals surface area contributed by atoms with Crippen molar-refractivity contribution in [2.75, 3.05) is 5.32 Å². The molecule has 7 heteroatoms. The molecule has 0 aliphatic carbocycles. The van der Waals surface area contributed by atoms with Crippen LogP contribution in [0.1, 0.15) is 6.92 Å². The predicted octanol–water partition coefficient (Wildman–Crippen LogP) is 4.06. The average molecular weight is 363 g/mol. The van der Waals surface area contributed by atoms with Crippen LogP contribution in [0.15, 0.2) is 72.9 Å². The minimum atomic E-state index is -0.947. The quantitative estimate of drug-likeness (QED) is 0.526. The average Bonchev–Trinajstić information content (AvgIpc) is 2.69. The molecule has 1 unspecified atom stereocenters. The Bertz CT molecular complexity index is 960. The van der Waals surface area contributed by atoms with Crippen LogP contribution in [0, 0.1) is 10.1 Å². The number of nitro groups is 1. The number of carbonyl (C=O) groups excluding carboxylic acids is 1. The number of ether oxygens (including phenoxy) is 1. The van der Waals surface area contributed by atoms with Gasteiger partial charge in [0.25, 0.3) is 5.91 Å². The van der Waals surface area contributed by atoms with Crippen LogP contribution in [0.2, 0.25) is 0 Å². The Kier molecular flexibility index (Phi) is 5.41. The fourth-order valence-corrected chi connectivity index (χ4v) is 2.55. The number of nitrogens with one attached hydrogen (secondary N) is 1.